The minimum Gasteiger partial charge on any atom is -0.477 e. The minimum atomic E-state index is -0.738. The number of hydrogen-bond donors (Lipinski definition) is 3. The first kappa shape index (κ1) is 19.8. The highest BCUT2D eigenvalue weighted by molar-refractivity contribution is 7.15. The Hall–Kier alpha value is -2.55. The van der Waals surface area contributed by atoms with Crippen LogP contribution in [-0.2, 0) is 5.60 Å². The van der Waals surface area contributed by atoms with Crippen LogP contribution in [0.3, 0.4) is 0 Å². The van der Waals surface area contributed by atoms with Crippen molar-refractivity contribution in [3.05, 3.63) is 47.2 Å². The van der Waals surface area contributed by atoms with Gasteiger partial charge in [-0.05, 0) is 49.4 Å². The number of aliphatic hydroxyl groups excluding tert-OH is 1. The van der Waals surface area contributed by atoms with Crippen molar-refractivity contribution >= 4 is 23.0 Å². The van der Waals surface area contributed by atoms with Crippen molar-refractivity contribution in [2.75, 3.05) is 18.5 Å². The lowest BCUT2D eigenvalue weighted by atomic mass is 9.81. The molecule has 1 fully saturated rings. The molecule has 0 bridgehead atoms. The summed E-state index contributed by atoms with van der Waals surface area (Å²) in [7, 11) is 0. The summed E-state index contributed by atoms with van der Waals surface area (Å²) < 4.78 is 5.51. The maximum Gasteiger partial charge on any atom is 0.230 e. The zero-order valence-electron chi connectivity index (χ0n) is 16.3. The summed E-state index contributed by atoms with van der Waals surface area (Å²) >= 11 is 1.55. The molecule has 29 heavy (non-hydrogen) atoms. The second kappa shape index (κ2) is 8.44. The summed E-state index contributed by atoms with van der Waals surface area (Å²) in [4.78, 5) is 14.1. The number of nitrogens with zero attached hydrogens (tertiary/aromatic N) is 3. The Balaban J connectivity index is 1.52. The quantitative estimate of drug-likeness (QED) is 0.484. The number of aryl methyl sites for hydroxylation is 1. The van der Waals surface area contributed by atoms with E-state index >= 15 is 0 Å². The second-order valence-corrected chi connectivity index (χ2v) is 8.30. The lowest BCUT2D eigenvalue weighted by molar-refractivity contribution is -0.0389. The van der Waals surface area contributed by atoms with Crippen molar-refractivity contribution < 1.29 is 14.9 Å². The topological polar surface area (TPSA) is 100 Å². The van der Waals surface area contributed by atoms with Crippen molar-refractivity contribution in [2.45, 2.75) is 38.2 Å². The van der Waals surface area contributed by atoms with E-state index in [0.29, 0.717) is 24.9 Å². The Morgan fingerprint density at radius 2 is 2.10 bits per heavy atom. The Labute approximate surface area is 173 Å². The van der Waals surface area contributed by atoms with Crippen molar-refractivity contribution in [1.82, 2.24) is 15.0 Å². The zero-order chi connectivity index (χ0) is 20.3. The number of nitrogens with one attached hydrogen (secondary N) is 1. The first-order valence-corrected chi connectivity index (χ1v) is 10.5. The van der Waals surface area contributed by atoms with Crippen molar-refractivity contribution in [3.63, 3.8) is 0 Å². The average molecular weight is 413 g/mol. The van der Waals surface area contributed by atoms with Gasteiger partial charge in [-0.25, -0.2) is 9.97 Å². The molecule has 4 rings (SSSR count). The molecule has 1 saturated carbocycles. The molecule has 7 nitrogen and oxygen atoms in total. The molecule has 2 aromatic heterocycles. The molecule has 0 radical (unpaired) electrons. The third-order valence-electron chi connectivity index (χ3n) is 4.88. The molecular formula is C21H24N4O3S. The van der Waals surface area contributed by atoms with Gasteiger partial charge in [0.25, 0.3) is 0 Å². The fourth-order valence-corrected chi connectivity index (χ4v) is 4.25. The summed E-state index contributed by atoms with van der Waals surface area (Å²) in [6.45, 7) is 2.52. The third-order valence-corrected chi connectivity index (χ3v) is 6.12. The first-order valence-electron chi connectivity index (χ1n) is 9.70. The fourth-order valence-electron chi connectivity index (χ4n) is 3.20. The number of benzene rings is 1. The van der Waals surface area contributed by atoms with Crippen molar-refractivity contribution in [1.29, 1.82) is 0 Å². The molecule has 3 aromatic rings. The lowest BCUT2D eigenvalue weighted by Gasteiger charge is -2.34. The molecule has 0 saturated heterocycles. The number of hydrogen-bond acceptors (Lipinski definition) is 8. The van der Waals surface area contributed by atoms with E-state index in [-0.39, 0.29) is 6.61 Å². The van der Waals surface area contributed by atoms with E-state index in [2.05, 4.69) is 26.3 Å². The smallest absolute Gasteiger partial charge is 0.230 e. The predicted molar refractivity (Wildman–Crippen MR) is 113 cm³/mol. The van der Waals surface area contributed by atoms with Gasteiger partial charge in [0.2, 0.25) is 11.8 Å². The normalized spacial score (nSPS) is 15.0. The number of aliphatic hydroxyl groups is 2. The van der Waals surface area contributed by atoms with Gasteiger partial charge in [0.05, 0.1) is 11.5 Å². The van der Waals surface area contributed by atoms with Crippen LogP contribution in [0, 0.1) is 6.92 Å². The highest BCUT2D eigenvalue weighted by Gasteiger charge is 2.39. The van der Waals surface area contributed by atoms with E-state index in [1.165, 1.54) is 0 Å². The molecule has 0 spiro atoms. The van der Waals surface area contributed by atoms with Crippen molar-refractivity contribution in [3.8, 4) is 16.3 Å². The average Bonchev–Trinajstić information content (AvgIpc) is 3.17. The molecule has 1 aliphatic carbocycles. The van der Waals surface area contributed by atoms with Gasteiger partial charge in [-0.1, -0.05) is 6.07 Å². The Morgan fingerprint density at radius 3 is 2.86 bits per heavy atom. The third kappa shape index (κ3) is 4.55. The van der Waals surface area contributed by atoms with E-state index in [1.54, 1.807) is 23.6 Å². The van der Waals surface area contributed by atoms with Crippen LogP contribution in [0.2, 0.25) is 0 Å². The fraction of sp³-hybridized carbons (Fsp3) is 0.381. The number of aromatic nitrogens is 3. The monoisotopic (exact) mass is 412 g/mol. The molecule has 152 valence electrons. The maximum absolute atomic E-state index is 10.5. The zero-order valence-corrected chi connectivity index (χ0v) is 17.1. The van der Waals surface area contributed by atoms with Gasteiger partial charge >= 0.3 is 0 Å². The van der Waals surface area contributed by atoms with Gasteiger partial charge in [0.15, 0.2) is 0 Å². The highest BCUT2D eigenvalue weighted by atomic mass is 32.1. The van der Waals surface area contributed by atoms with E-state index in [4.69, 9.17) is 9.84 Å². The van der Waals surface area contributed by atoms with Crippen LogP contribution in [0.5, 0.6) is 5.88 Å². The molecule has 1 aromatic carbocycles. The van der Waals surface area contributed by atoms with Gasteiger partial charge in [0.1, 0.15) is 10.6 Å². The number of ether oxygens (including phenoxy) is 1. The minimum absolute atomic E-state index is 0.0823. The molecule has 3 N–H and O–H groups in total. The first-order chi connectivity index (χ1) is 14.1. The van der Waals surface area contributed by atoms with E-state index in [0.717, 1.165) is 46.0 Å². The van der Waals surface area contributed by atoms with Crippen LogP contribution in [-0.4, -0.2) is 38.4 Å². The molecule has 1 aliphatic rings. The van der Waals surface area contributed by atoms with Gasteiger partial charge in [-0.2, -0.15) is 4.98 Å². The molecule has 8 heteroatoms. The van der Waals surface area contributed by atoms with Gasteiger partial charge < -0.3 is 20.3 Å². The summed E-state index contributed by atoms with van der Waals surface area (Å²) in [6.07, 6.45) is 6.64. The molecule has 0 aliphatic heterocycles. The lowest BCUT2D eigenvalue weighted by Crippen LogP contribution is -2.33. The summed E-state index contributed by atoms with van der Waals surface area (Å²) in [5, 5.41) is 23.4. The predicted octanol–water partition coefficient (Wildman–Crippen LogP) is 3.78. The standard InChI is InChI=1S/C21H24N4O3S/c1-14-10-15(17-13-23-19(29-17)21(27)5-2-6-21)12-16(11-14)24-20-22-7-4-18(25-20)28-9-3-8-26/h4,7,10-13,26-27H,2-3,5-6,8-9H2,1H3,(H,22,24,25). The Morgan fingerprint density at radius 1 is 1.24 bits per heavy atom. The number of thiazole rings is 1. The highest BCUT2D eigenvalue weighted by Crippen LogP contribution is 2.44. The second-order valence-electron chi connectivity index (χ2n) is 7.27. The SMILES string of the molecule is Cc1cc(Nc2nccc(OCCCO)n2)cc(-c2cnc(C3(O)CCC3)s2)c1. The van der Waals surface area contributed by atoms with Gasteiger partial charge in [-0.3, -0.25) is 0 Å². The van der Waals surface area contributed by atoms with E-state index < -0.39 is 5.60 Å². The van der Waals surface area contributed by atoms with Crippen LogP contribution < -0.4 is 10.1 Å². The molecule has 2 heterocycles. The Bertz CT molecular complexity index is 988. The molecule has 0 amide bonds. The molecule has 0 atom stereocenters. The van der Waals surface area contributed by atoms with Crippen LogP contribution in [0.4, 0.5) is 11.6 Å². The summed E-state index contributed by atoms with van der Waals surface area (Å²) in [5.41, 5.74) is 2.26. The van der Waals surface area contributed by atoms with Crippen LogP contribution in [0.1, 0.15) is 36.3 Å². The van der Waals surface area contributed by atoms with Gasteiger partial charge in [-0.15, -0.1) is 11.3 Å². The van der Waals surface area contributed by atoms with Crippen molar-refractivity contribution in [2.24, 2.45) is 0 Å². The van der Waals surface area contributed by atoms with Crippen LogP contribution >= 0.6 is 11.3 Å². The number of anilines is 2. The van der Waals surface area contributed by atoms with Crippen LogP contribution in [0.15, 0.2) is 36.7 Å². The largest absolute Gasteiger partial charge is 0.477 e. The summed E-state index contributed by atoms with van der Waals surface area (Å²) in [5.74, 6) is 0.904. The summed E-state index contributed by atoms with van der Waals surface area (Å²) in [6, 6.07) is 7.84. The Kier molecular flexibility index (Phi) is 5.75. The van der Waals surface area contributed by atoms with E-state index in [1.807, 2.05) is 25.3 Å². The van der Waals surface area contributed by atoms with Gasteiger partial charge in [0, 0.05) is 37.2 Å². The molecule has 0 unspecified atom stereocenters. The maximum atomic E-state index is 10.5. The number of rotatable bonds is 8. The molecular weight excluding hydrogens is 388 g/mol. The van der Waals surface area contributed by atoms with Crippen LogP contribution in [0.25, 0.3) is 10.4 Å². The van der Waals surface area contributed by atoms with E-state index in [9.17, 15) is 5.11 Å².